The summed E-state index contributed by atoms with van der Waals surface area (Å²) < 4.78 is 63.8. The van der Waals surface area contributed by atoms with Crippen LogP contribution >= 0.6 is 0 Å². The lowest BCUT2D eigenvalue weighted by Gasteiger charge is -2.10. The fourth-order valence-corrected chi connectivity index (χ4v) is 2.91. The van der Waals surface area contributed by atoms with Crippen LogP contribution < -0.4 is 5.32 Å². The molecule has 0 saturated heterocycles. The lowest BCUT2D eigenvalue weighted by molar-refractivity contribution is -0.144. The Hall–Kier alpha value is -2.69. The highest BCUT2D eigenvalue weighted by Crippen LogP contribution is 2.30. The summed E-state index contributed by atoms with van der Waals surface area (Å²) in [7, 11) is -2.05. The molecule has 11 heteroatoms. The zero-order chi connectivity index (χ0) is 18.4. The van der Waals surface area contributed by atoms with Crippen LogP contribution in [0.1, 0.15) is 5.82 Å². The predicted molar refractivity (Wildman–Crippen MR) is 84.3 cm³/mol. The number of alkyl halides is 3. The van der Waals surface area contributed by atoms with E-state index in [4.69, 9.17) is 0 Å². The lowest BCUT2D eigenvalue weighted by Crippen LogP contribution is -2.13. The first-order chi connectivity index (χ1) is 11.6. The number of anilines is 1. The first kappa shape index (κ1) is 17.1. The minimum atomic E-state index is -4.73. The molecule has 132 valence electrons. The second-order valence-corrected chi connectivity index (χ2v) is 7.22. The number of nitrogens with one attached hydrogen (secondary N) is 1. The maximum Gasteiger partial charge on any atom is 0.451 e. The van der Waals surface area contributed by atoms with Crippen LogP contribution in [-0.2, 0) is 16.0 Å². The van der Waals surface area contributed by atoms with Crippen molar-refractivity contribution in [3.8, 4) is 5.69 Å². The van der Waals surface area contributed by atoms with E-state index in [-0.39, 0.29) is 21.9 Å². The molecule has 0 fully saturated rings. The van der Waals surface area contributed by atoms with Gasteiger partial charge in [-0.3, -0.25) is 4.57 Å². The van der Waals surface area contributed by atoms with E-state index in [9.17, 15) is 21.6 Å². The maximum absolute atomic E-state index is 13.0. The van der Waals surface area contributed by atoms with Gasteiger partial charge in [-0.15, -0.1) is 0 Å². The molecule has 0 bridgehead atoms. The molecule has 0 spiro atoms. The van der Waals surface area contributed by atoms with Crippen LogP contribution in [0.15, 0.2) is 35.5 Å². The number of benzene rings is 1. The summed E-state index contributed by atoms with van der Waals surface area (Å²) in [6, 6.07) is 5.77. The summed E-state index contributed by atoms with van der Waals surface area (Å²) >= 11 is 0. The Morgan fingerprint density at radius 3 is 2.52 bits per heavy atom. The van der Waals surface area contributed by atoms with Crippen molar-refractivity contribution in [2.75, 3.05) is 18.6 Å². The SMILES string of the molecule is CNc1nc(C(F)(F)F)nc2c1ncn2-c1cccc(S(C)(=O)=O)c1. The molecule has 0 aliphatic rings. The molecule has 1 aromatic carbocycles. The first-order valence-electron chi connectivity index (χ1n) is 6.92. The molecule has 0 aliphatic carbocycles. The maximum atomic E-state index is 13.0. The van der Waals surface area contributed by atoms with E-state index in [2.05, 4.69) is 20.3 Å². The molecule has 0 amide bonds. The van der Waals surface area contributed by atoms with Gasteiger partial charge in [0.15, 0.2) is 26.8 Å². The number of fused-ring (bicyclic) bond motifs is 1. The van der Waals surface area contributed by atoms with Crippen molar-refractivity contribution in [3.63, 3.8) is 0 Å². The molecule has 25 heavy (non-hydrogen) atoms. The minimum absolute atomic E-state index is 0.0331. The monoisotopic (exact) mass is 371 g/mol. The number of sulfone groups is 1. The average molecular weight is 371 g/mol. The summed E-state index contributed by atoms with van der Waals surface area (Å²) in [6.07, 6.45) is -2.42. The number of hydrogen-bond acceptors (Lipinski definition) is 6. The lowest BCUT2D eigenvalue weighted by atomic mass is 10.3. The number of nitrogens with zero attached hydrogens (tertiary/aromatic N) is 4. The van der Waals surface area contributed by atoms with E-state index in [1.165, 1.54) is 36.1 Å². The third-order valence-electron chi connectivity index (χ3n) is 3.41. The van der Waals surface area contributed by atoms with Crippen LogP contribution in [0.3, 0.4) is 0 Å². The Morgan fingerprint density at radius 1 is 1.20 bits per heavy atom. The van der Waals surface area contributed by atoms with E-state index in [1.807, 2.05) is 0 Å². The smallest absolute Gasteiger partial charge is 0.371 e. The largest absolute Gasteiger partial charge is 0.451 e. The molecule has 2 heterocycles. The molecule has 0 aliphatic heterocycles. The van der Waals surface area contributed by atoms with Crippen molar-refractivity contribution in [2.45, 2.75) is 11.1 Å². The molecule has 1 N–H and O–H groups in total. The third kappa shape index (κ3) is 3.14. The van der Waals surface area contributed by atoms with Gasteiger partial charge in [0.05, 0.1) is 4.90 Å². The first-order valence-corrected chi connectivity index (χ1v) is 8.81. The second-order valence-electron chi connectivity index (χ2n) is 5.20. The second kappa shape index (κ2) is 5.69. The standard InChI is InChI=1S/C14H12F3N5O2S/c1-18-11-10-12(21-13(20-11)14(15,16)17)22(7-19-10)8-4-3-5-9(6-8)25(2,23)24/h3-7H,1-2H3,(H,18,20,21). The quantitative estimate of drug-likeness (QED) is 0.760. The van der Waals surface area contributed by atoms with Gasteiger partial charge < -0.3 is 5.32 Å². The van der Waals surface area contributed by atoms with E-state index in [0.717, 1.165) is 6.26 Å². The van der Waals surface area contributed by atoms with Crippen molar-refractivity contribution in [2.24, 2.45) is 0 Å². The molecule has 0 unspecified atom stereocenters. The summed E-state index contributed by atoms with van der Waals surface area (Å²) in [4.78, 5) is 11.1. The van der Waals surface area contributed by atoms with Gasteiger partial charge in [0.2, 0.25) is 5.82 Å². The molecular formula is C14H12F3N5O2S. The molecule has 0 radical (unpaired) electrons. The number of hydrogen-bond donors (Lipinski definition) is 1. The predicted octanol–water partition coefficient (Wildman–Crippen LogP) is 2.28. The fraction of sp³-hybridized carbons (Fsp3) is 0.214. The van der Waals surface area contributed by atoms with Gasteiger partial charge in [0.1, 0.15) is 6.33 Å². The van der Waals surface area contributed by atoms with Gasteiger partial charge in [-0.2, -0.15) is 13.2 Å². The van der Waals surface area contributed by atoms with Crippen LogP contribution in [0.25, 0.3) is 16.9 Å². The molecule has 7 nitrogen and oxygen atoms in total. The van der Waals surface area contributed by atoms with E-state index in [0.29, 0.717) is 5.69 Å². The van der Waals surface area contributed by atoms with Crippen LogP contribution in [0.2, 0.25) is 0 Å². The highest BCUT2D eigenvalue weighted by atomic mass is 32.2. The molecular weight excluding hydrogens is 359 g/mol. The highest BCUT2D eigenvalue weighted by Gasteiger charge is 2.36. The van der Waals surface area contributed by atoms with Gasteiger partial charge in [0.25, 0.3) is 0 Å². The normalized spacial score (nSPS) is 12.5. The summed E-state index contributed by atoms with van der Waals surface area (Å²) in [5.41, 5.74) is 0.372. The Kier molecular flexibility index (Phi) is 3.90. The van der Waals surface area contributed by atoms with Crippen molar-refractivity contribution in [3.05, 3.63) is 36.4 Å². The molecule has 3 aromatic rings. The van der Waals surface area contributed by atoms with E-state index < -0.39 is 21.8 Å². The zero-order valence-corrected chi connectivity index (χ0v) is 13.9. The van der Waals surface area contributed by atoms with Crippen LogP contribution in [-0.4, -0.2) is 41.2 Å². The number of aromatic nitrogens is 4. The summed E-state index contributed by atoms with van der Waals surface area (Å²) in [6.45, 7) is 0. The summed E-state index contributed by atoms with van der Waals surface area (Å²) in [5, 5.41) is 2.56. The Bertz CT molecular complexity index is 1060. The van der Waals surface area contributed by atoms with E-state index >= 15 is 0 Å². The molecule has 0 atom stereocenters. The summed E-state index contributed by atoms with van der Waals surface area (Å²) in [5.74, 6) is -1.39. The molecule has 2 aromatic heterocycles. The zero-order valence-electron chi connectivity index (χ0n) is 13.0. The third-order valence-corrected chi connectivity index (χ3v) is 4.52. The number of imidazole rings is 1. The van der Waals surface area contributed by atoms with Gasteiger partial charge in [-0.25, -0.2) is 23.4 Å². The average Bonchev–Trinajstić information content (AvgIpc) is 2.96. The topological polar surface area (TPSA) is 89.8 Å². The van der Waals surface area contributed by atoms with Gasteiger partial charge >= 0.3 is 6.18 Å². The van der Waals surface area contributed by atoms with Gasteiger partial charge in [-0.05, 0) is 18.2 Å². The van der Waals surface area contributed by atoms with Crippen molar-refractivity contribution >= 4 is 26.8 Å². The van der Waals surface area contributed by atoms with Crippen LogP contribution in [0.4, 0.5) is 19.0 Å². The molecule has 3 rings (SSSR count). The van der Waals surface area contributed by atoms with Crippen molar-refractivity contribution in [1.29, 1.82) is 0 Å². The van der Waals surface area contributed by atoms with Crippen LogP contribution in [0, 0.1) is 0 Å². The Balaban J connectivity index is 2.28. The Labute approximate surface area is 140 Å². The van der Waals surface area contributed by atoms with Crippen molar-refractivity contribution < 1.29 is 21.6 Å². The van der Waals surface area contributed by atoms with Gasteiger partial charge in [-0.1, -0.05) is 6.07 Å². The molecule has 0 saturated carbocycles. The minimum Gasteiger partial charge on any atom is -0.371 e. The van der Waals surface area contributed by atoms with E-state index in [1.54, 1.807) is 6.07 Å². The van der Waals surface area contributed by atoms with Crippen molar-refractivity contribution in [1.82, 2.24) is 19.5 Å². The highest BCUT2D eigenvalue weighted by molar-refractivity contribution is 7.90. The van der Waals surface area contributed by atoms with Gasteiger partial charge in [0, 0.05) is 19.0 Å². The number of halogens is 3. The fourth-order valence-electron chi connectivity index (χ4n) is 2.25. The van der Waals surface area contributed by atoms with Crippen LogP contribution in [0.5, 0.6) is 0 Å². The number of rotatable bonds is 3. The Morgan fingerprint density at radius 2 is 1.92 bits per heavy atom.